The molecule has 188 valence electrons. The Morgan fingerprint density at radius 2 is 1.72 bits per heavy atom. The van der Waals surface area contributed by atoms with E-state index in [0.717, 1.165) is 30.5 Å². The molecule has 0 aliphatic rings. The van der Waals surface area contributed by atoms with Crippen LogP contribution in [0.3, 0.4) is 0 Å². The van der Waals surface area contributed by atoms with E-state index in [1.54, 1.807) is 6.07 Å². The summed E-state index contributed by atoms with van der Waals surface area (Å²) in [4.78, 5) is 15.3. The molecular weight excluding hydrogens is 453 g/mol. The lowest BCUT2D eigenvalue weighted by molar-refractivity contribution is -0.137. The molecule has 4 nitrogen and oxygen atoms in total. The second-order valence-corrected chi connectivity index (χ2v) is 8.77. The topological polar surface area (TPSA) is 58.9 Å². The molecule has 0 saturated heterocycles. The Morgan fingerprint density at radius 1 is 1.00 bits per heavy atom. The molecule has 3 rings (SSSR count). The first kappa shape index (κ1) is 26.9. The van der Waals surface area contributed by atoms with Crippen molar-refractivity contribution in [2.45, 2.75) is 52.9 Å². The number of halogens is 1. The van der Waals surface area contributed by atoms with Crippen molar-refractivity contribution in [3.8, 4) is 16.9 Å². The monoisotopic (exact) mass is 487 g/mol. The largest absolute Gasteiger partial charge is 0.491 e. The van der Waals surface area contributed by atoms with Crippen molar-refractivity contribution in [1.82, 2.24) is 0 Å². The van der Waals surface area contributed by atoms with E-state index in [0.29, 0.717) is 17.7 Å². The molecule has 0 aliphatic heterocycles. The fraction of sp³-hybridized carbons (Fsp3) is 0.290. The standard InChI is InChI=1S/C31H34FNO3/c1-5-10-26-19-24(14-16-28(26)27-12-8-7-11-23(27)6-2)21(3)33-22(4)25-15-17-30(29(32)20-25)36-18-9-13-31(34)35/h7-8,11-12,14-17,19-20H,4-6,9-10,13,18H2,1-3H3,(H,34,35). The minimum absolute atomic E-state index is 0.0173. The van der Waals surface area contributed by atoms with Crippen LogP contribution in [0.5, 0.6) is 5.75 Å². The van der Waals surface area contributed by atoms with Crippen LogP contribution in [0, 0.1) is 5.82 Å². The quantitative estimate of drug-likeness (QED) is 0.210. The SMILES string of the molecule is C=C(N=C(C)c1ccc(-c2ccccc2CC)c(CCC)c1)c1ccc(OCCCC(=O)O)c(F)c1. The van der Waals surface area contributed by atoms with Crippen molar-refractivity contribution >= 4 is 17.4 Å². The van der Waals surface area contributed by atoms with Crippen LogP contribution < -0.4 is 4.74 Å². The van der Waals surface area contributed by atoms with Crippen LogP contribution in [0.25, 0.3) is 16.8 Å². The van der Waals surface area contributed by atoms with Gasteiger partial charge < -0.3 is 9.84 Å². The molecule has 0 spiro atoms. The summed E-state index contributed by atoms with van der Waals surface area (Å²) >= 11 is 0. The molecule has 0 aromatic heterocycles. The molecule has 0 amide bonds. The molecule has 3 aromatic rings. The predicted octanol–water partition coefficient (Wildman–Crippen LogP) is 7.73. The molecule has 0 fully saturated rings. The Morgan fingerprint density at radius 3 is 2.42 bits per heavy atom. The van der Waals surface area contributed by atoms with Gasteiger partial charge in [-0.25, -0.2) is 4.39 Å². The van der Waals surface area contributed by atoms with Crippen molar-refractivity contribution in [2.24, 2.45) is 4.99 Å². The summed E-state index contributed by atoms with van der Waals surface area (Å²) in [6.45, 7) is 10.5. The molecule has 0 saturated carbocycles. The van der Waals surface area contributed by atoms with Crippen LogP contribution in [0.15, 0.2) is 72.2 Å². The van der Waals surface area contributed by atoms with Crippen LogP contribution >= 0.6 is 0 Å². The molecule has 0 atom stereocenters. The van der Waals surface area contributed by atoms with E-state index in [-0.39, 0.29) is 18.8 Å². The first-order valence-electron chi connectivity index (χ1n) is 12.4. The molecular formula is C31H34FNO3. The molecule has 0 unspecified atom stereocenters. The molecule has 0 radical (unpaired) electrons. The van der Waals surface area contributed by atoms with Gasteiger partial charge in [0.15, 0.2) is 11.6 Å². The van der Waals surface area contributed by atoms with Crippen molar-refractivity contribution in [1.29, 1.82) is 0 Å². The summed E-state index contributed by atoms with van der Waals surface area (Å²) in [7, 11) is 0. The van der Waals surface area contributed by atoms with Gasteiger partial charge in [0.25, 0.3) is 0 Å². The van der Waals surface area contributed by atoms with Gasteiger partial charge in [0.1, 0.15) is 0 Å². The van der Waals surface area contributed by atoms with E-state index < -0.39 is 11.8 Å². The van der Waals surface area contributed by atoms with Crippen molar-refractivity contribution in [3.63, 3.8) is 0 Å². The maximum atomic E-state index is 14.5. The molecule has 0 bridgehead atoms. The van der Waals surface area contributed by atoms with Gasteiger partial charge in [-0.15, -0.1) is 0 Å². The minimum Gasteiger partial charge on any atom is -0.491 e. The first-order chi connectivity index (χ1) is 17.3. The number of hydrogen-bond acceptors (Lipinski definition) is 3. The Kier molecular flexibility index (Phi) is 9.57. The van der Waals surface area contributed by atoms with Gasteiger partial charge in [0, 0.05) is 17.7 Å². The highest BCUT2D eigenvalue weighted by Gasteiger charge is 2.12. The highest BCUT2D eigenvalue weighted by atomic mass is 19.1. The number of hydrogen-bond donors (Lipinski definition) is 1. The minimum atomic E-state index is -0.902. The Balaban J connectivity index is 1.80. The molecule has 0 heterocycles. The van der Waals surface area contributed by atoms with Gasteiger partial charge in [0.05, 0.1) is 12.3 Å². The second kappa shape index (κ2) is 12.8. The second-order valence-electron chi connectivity index (χ2n) is 8.77. The molecule has 36 heavy (non-hydrogen) atoms. The average molecular weight is 488 g/mol. The number of aliphatic carboxylic acids is 1. The van der Waals surface area contributed by atoms with Crippen molar-refractivity contribution < 1.29 is 19.0 Å². The number of carbonyl (C=O) groups is 1. The highest BCUT2D eigenvalue weighted by Crippen LogP contribution is 2.30. The molecule has 3 aromatic carbocycles. The van der Waals surface area contributed by atoms with Gasteiger partial charge in [-0.2, -0.15) is 0 Å². The summed E-state index contributed by atoms with van der Waals surface area (Å²) < 4.78 is 19.9. The lowest BCUT2D eigenvalue weighted by Crippen LogP contribution is -2.03. The summed E-state index contributed by atoms with van der Waals surface area (Å²) in [5.41, 5.74) is 7.98. The van der Waals surface area contributed by atoms with Gasteiger partial charge in [-0.1, -0.05) is 63.2 Å². The number of rotatable bonds is 12. The number of nitrogens with zero attached hydrogens (tertiary/aromatic N) is 1. The normalized spacial score (nSPS) is 11.4. The number of carboxylic acid groups (broad SMARTS) is 1. The predicted molar refractivity (Wildman–Crippen MR) is 145 cm³/mol. The van der Waals surface area contributed by atoms with Gasteiger partial charge in [-0.3, -0.25) is 9.79 Å². The van der Waals surface area contributed by atoms with Gasteiger partial charge >= 0.3 is 5.97 Å². The van der Waals surface area contributed by atoms with Crippen LogP contribution in [-0.4, -0.2) is 23.4 Å². The first-order valence-corrected chi connectivity index (χ1v) is 12.4. The van der Waals surface area contributed by atoms with Crippen LogP contribution in [0.1, 0.15) is 62.3 Å². The van der Waals surface area contributed by atoms with Crippen molar-refractivity contribution in [3.05, 3.63) is 95.3 Å². The van der Waals surface area contributed by atoms with Gasteiger partial charge in [-0.05, 0) is 78.3 Å². The summed E-state index contributed by atoms with van der Waals surface area (Å²) in [5.74, 6) is -1.34. The zero-order chi connectivity index (χ0) is 26.1. The van der Waals surface area contributed by atoms with E-state index in [1.165, 1.54) is 34.4 Å². The zero-order valence-electron chi connectivity index (χ0n) is 21.3. The van der Waals surface area contributed by atoms with E-state index >= 15 is 0 Å². The zero-order valence-corrected chi connectivity index (χ0v) is 21.3. The van der Waals surface area contributed by atoms with Crippen LogP contribution in [0.4, 0.5) is 4.39 Å². The van der Waals surface area contributed by atoms with Crippen LogP contribution in [0.2, 0.25) is 0 Å². The molecule has 0 aliphatic carbocycles. The summed E-state index contributed by atoms with van der Waals surface area (Å²) in [6, 6.07) is 19.6. The van der Waals surface area contributed by atoms with E-state index in [1.807, 2.05) is 6.92 Å². The molecule has 1 N–H and O–H groups in total. The number of aliphatic imine (C=N–C) groups is 1. The van der Waals surface area contributed by atoms with E-state index in [2.05, 4.69) is 67.9 Å². The Bertz CT molecular complexity index is 1260. The van der Waals surface area contributed by atoms with Crippen molar-refractivity contribution in [2.75, 3.05) is 6.61 Å². The third-order valence-electron chi connectivity index (χ3n) is 6.09. The molecule has 5 heteroatoms. The third-order valence-corrected chi connectivity index (χ3v) is 6.09. The van der Waals surface area contributed by atoms with E-state index in [4.69, 9.17) is 9.84 Å². The number of aryl methyl sites for hydroxylation is 2. The summed E-state index contributed by atoms with van der Waals surface area (Å²) in [5, 5.41) is 8.69. The smallest absolute Gasteiger partial charge is 0.303 e. The third kappa shape index (κ3) is 6.91. The number of benzene rings is 3. The van der Waals surface area contributed by atoms with Gasteiger partial charge in [0.2, 0.25) is 0 Å². The lowest BCUT2D eigenvalue weighted by Gasteiger charge is -2.15. The highest BCUT2D eigenvalue weighted by molar-refractivity contribution is 6.02. The Labute approximate surface area is 213 Å². The summed E-state index contributed by atoms with van der Waals surface area (Å²) in [6.07, 6.45) is 3.28. The average Bonchev–Trinajstić information content (AvgIpc) is 2.87. The maximum Gasteiger partial charge on any atom is 0.303 e. The number of carboxylic acids is 1. The van der Waals surface area contributed by atoms with Crippen LogP contribution in [-0.2, 0) is 17.6 Å². The fourth-order valence-electron chi connectivity index (χ4n) is 4.18. The number of ether oxygens (including phenoxy) is 1. The fourth-order valence-corrected chi connectivity index (χ4v) is 4.18. The lowest BCUT2D eigenvalue weighted by atomic mass is 9.90. The Hall–Kier alpha value is -3.73. The van der Waals surface area contributed by atoms with E-state index in [9.17, 15) is 9.18 Å². The maximum absolute atomic E-state index is 14.5.